The van der Waals surface area contributed by atoms with Crippen LogP contribution in [0.5, 0.6) is 0 Å². The number of hydrogen-bond donors (Lipinski definition) is 1. The molecule has 0 aliphatic carbocycles. The maximum absolute atomic E-state index is 5.99. The maximum Gasteiger partial charge on any atom is 0.132 e. The van der Waals surface area contributed by atoms with Gasteiger partial charge in [-0.25, -0.2) is 9.97 Å². The van der Waals surface area contributed by atoms with Crippen LogP contribution in [0.4, 0.5) is 5.82 Å². The Morgan fingerprint density at radius 2 is 2.20 bits per heavy atom. The van der Waals surface area contributed by atoms with E-state index in [1.54, 1.807) is 6.20 Å². The molecule has 1 aliphatic heterocycles. The molecule has 3 heterocycles. The first kappa shape index (κ1) is 13.1. The van der Waals surface area contributed by atoms with Crippen LogP contribution in [0.2, 0.25) is 0 Å². The molecule has 5 nitrogen and oxygen atoms in total. The Morgan fingerprint density at radius 1 is 1.40 bits per heavy atom. The predicted octanol–water partition coefficient (Wildman–Crippen LogP) is 2.51. The first-order chi connectivity index (χ1) is 9.77. The fourth-order valence-electron chi connectivity index (χ4n) is 2.90. The van der Waals surface area contributed by atoms with Crippen LogP contribution in [0.15, 0.2) is 30.9 Å². The van der Waals surface area contributed by atoms with Gasteiger partial charge >= 0.3 is 0 Å². The van der Waals surface area contributed by atoms with E-state index in [-0.39, 0.29) is 0 Å². The van der Waals surface area contributed by atoms with Gasteiger partial charge in [-0.15, -0.1) is 0 Å². The van der Waals surface area contributed by atoms with E-state index in [4.69, 9.17) is 10.5 Å². The Balaban J connectivity index is 1.92. The lowest BCUT2D eigenvalue weighted by atomic mass is 9.92. The summed E-state index contributed by atoms with van der Waals surface area (Å²) in [6, 6.07) is 4.28. The summed E-state index contributed by atoms with van der Waals surface area (Å²) >= 11 is 0. The highest BCUT2D eigenvalue weighted by molar-refractivity contribution is 5.70. The summed E-state index contributed by atoms with van der Waals surface area (Å²) in [4.78, 5) is 8.47. The van der Waals surface area contributed by atoms with Crippen LogP contribution in [0, 0.1) is 5.92 Å². The standard InChI is InChI=1S/C15H20N4O/c1-11(12-4-7-20-8-5-12)19-10-17-9-14(19)13-3-2-6-18-15(13)16/h2-3,6,9-12H,4-5,7-8H2,1H3,(H2,16,18). The fraction of sp³-hybridized carbons (Fsp3) is 0.467. The number of nitrogens with two attached hydrogens (primary N) is 1. The molecule has 0 bridgehead atoms. The quantitative estimate of drug-likeness (QED) is 0.932. The van der Waals surface area contributed by atoms with Gasteiger partial charge in [0.15, 0.2) is 0 Å². The van der Waals surface area contributed by atoms with E-state index >= 15 is 0 Å². The molecule has 2 N–H and O–H groups in total. The summed E-state index contributed by atoms with van der Waals surface area (Å²) in [5, 5.41) is 0. The van der Waals surface area contributed by atoms with Crippen LogP contribution >= 0.6 is 0 Å². The molecule has 106 valence electrons. The third-order valence-corrected chi connectivity index (χ3v) is 4.17. The van der Waals surface area contributed by atoms with Crippen LogP contribution < -0.4 is 5.73 Å². The summed E-state index contributed by atoms with van der Waals surface area (Å²) < 4.78 is 7.66. The second-order valence-corrected chi connectivity index (χ2v) is 5.31. The Morgan fingerprint density at radius 3 is 2.95 bits per heavy atom. The van der Waals surface area contributed by atoms with Gasteiger partial charge in [0.25, 0.3) is 0 Å². The molecule has 0 spiro atoms. The minimum Gasteiger partial charge on any atom is -0.383 e. The lowest BCUT2D eigenvalue weighted by Gasteiger charge is -2.29. The van der Waals surface area contributed by atoms with E-state index in [2.05, 4.69) is 21.5 Å². The Labute approximate surface area is 118 Å². The maximum atomic E-state index is 5.99. The summed E-state index contributed by atoms with van der Waals surface area (Å²) in [5.41, 5.74) is 7.97. The van der Waals surface area contributed by atoms with Crippen molar-refractivity contribution in [3.8, 4) is 11.3 Å². The fourth-order valence-corrected chi connectivity index (χ4v) is 2.90. The third-order valence-electron chi connectivity index (χ3n) is 4.17. The largest absolute Gasteiger partial charge is 0.383 e. The second-order valence-electron chi connectivity index (χ2n) is 5.31. The average Bonchev–Trinajstić information content (AvgIpc) is 2.97. The number of nitrogens with zero attached hydrogens (tertiary/aromatic N) is 3. The molecule has 1 saturated heterocycles. The van der Waals surface area contributed by atoms with Crippen molar-refractivity contribution in [2.75, 3.05) is 18.9 Å². The van der Waals surface area contributed by atoms with Gasteiger partial charge in [-0.1, -0.05) is 0 Å². The number of pyridine rings is 1. The SMILES string of the molecule is CC(C1CCOCC1)n1cncc1-c1cccnc1N. The van der Waals surface area contributed by atoms with Crippen molar-refractivity contribution >= 4 is 5.82 Å². The number of aromatic nitrogens is 3. The van der Waals surface area contributed by atoms with Gasteiger partial charge in [0, 0.05) is 31.0 Å². The number of nitrogen functional groups attached to an aromatic ring is 1. The number of imidazole rings is 1. The van der Waals surface area contributed by atoms with Crippen molar-refractivity contribution in [1.29, 1.82) is 0 Å². The lowest BCUT2D eigenvalue weighted by molar-refractivity contribution is 0.0515. The highest BCUT2D eigenvalue weighted by atomic mass is 16.5. The molecule has 0 saturated carbocycles. The zero-order chi connectivity index (χ0) is 13.9. The van der Waals surface area contributed by atoms with E-state index < -0.39 is 0 Å². The summed E-state index contributed by atoms with van der Waals surface area (Å²) in [5.74, 6) is 1.17. The second kappa shape index (κ2) is 5.63. The zero-order valence-electron chi connectivity index (χ0n) is 11.7. The molecule has 0 aromatic carbocycles. The molecule has 5 heteroatoms. The number of rotatable bonds is 3. The molecule has 20 heavy (non-hydrogen) atoms. The monoisotopic (exact) mass is 272 g/mol. The number of hydrogen-bond acceptors (Lipinski definition) is 4. The molecular formula is C15H20N4O. The van der Waals surface area contributed by atoms with E-state index in [9.17, 15) is 0 Å². The van der Waals surface area contributed by atoms with Crippen molar-refractivity contribution < 1.29 is 4.74 Å². The highest BCUT2D eigenvalue weighted by Gasteiger charge is 2.23. The zero-order valence-corrected chi connectivity index (χ0v) is 11.7. The predicted molar refractivity (Wildman–Crippen MR) is 78.1 cm³/mol. The Bertz CT molecular complexity index is 575. The van der Waals surface area contributed by atoms with Gasteiger partial charge < -0.3 is 15.0 Å². The third kappa shape index (κ3) is 2.41. The van der Waals surface area contributed by atoms with E-state index in [1.165, 1.54) is 0 Å². The average molecular weight is 272 g/mol. The van der Waals surface area contributed by atoms with Crippen molar-refractivity contribution in [3.63, 3.8) is 0 Å². The number of anilines is 1. The first-order valence-corrected chi connectivity index (χ1v) is 7.08. The molecule has 0 amide bonds. The molecule has 3 rings (SSSR count). The van der Waals surface area contributed by atoms with Crippen LogP contribution in [0.1, 0.15) is 25.8 Å². The molecular weight excluding hydrogens is 252 g/mol. The van der Waals surface area contributed by atoms with Crippen molar-refractivity contribution in [2.45, 2.75) is 25.8 Å². The van der Waals surface area contributed by atoms with E-state index in [0.717, 1.165) is 37.3 Å². The molecule has 1 unspecified atom stereocenters. The van der Waals surface area contributed by atoms with Crippen molar-refractivity contribution in [1.82, 2.24) is 14.5 Å². The lowest BCUT2D eigenvalue weighted by Crippen LogP contribution is -2.24. The van der Waals surface area contributed by atoms with Gasteiger partial charge in [-0.05, 0) is 37.8 Å². The topological polar surface area (TPSA) is 66.0 Å². The Hall–Kier alpha value is -1.88. The minimum atomic E-state index is 0.385. The smallest absolute Gasteiger partial charge is 0.132 e. The van der Waals surface area contributed by atoms with Crippen LogP contribution in [0.3, 0.4) is 0 Å². The van der Waals surface area contributed by atoms with Crippen LogP contribution in [0.25, 0.3) is 11.3 Å². The van der Waals surface area contributed by atoms with Crippen LogP contribution in [-0.4, -0.2) is 27.7 Å². The van der Waals surface area contributed by atoms with Gasteiger partial charge in [-0.2, -0.15) is 0 Å². The molecule has 1 fully saturated rings. The molecule has 1 aliphatic rings. The first-order valence-electron chi connectivity index (χ1n) is 7.08. The number of ether oxygens (including phenoxy) is 1. The molecule has 2 aromatic rings. The molecule has 1 atom stereocenters. The molecule has 2 aromatic heterocycles. The van der Waals surface area contributed by atoms with Crippen LogP contribution in [-0.2, 0) is 4.74 Å². The summed E-state index contributed by atoms with van der Waals surface area (Å²) in [7, 11) is 0. The van der Waals surface area contributed by atoms with Gasteiger partial charge in [0.2, 0.25) is 0 Å². The summed E-state index contributed by atoms with van der Waals surface area (Å²) in [6.07, 6.45) is 7.66. The van der Waals surface area contributed by atoms with Gasteiger partial charge in [-0.3, -0.25) is 0 Å². The van der Waals surface area contributed by atoms with Crippen molar-refractivity contribution in [2.24, 2.45) is 5.92 Å². The summed E-state index contributed by atoms with van der Waals surface area (Å²) in [6.45, 7) is 3.95. The normalized spacial score (nSPS) is 18.1. The minimum absolute atomic E-state index is 0.385. The highest BCUT2D eigenvalue weighted by Crippen LogP contribution is 2.32. The van der Waals surface area contributed by atoms with E-state index in [0.29, 0.717) is 17.8 Å². The molecule has 0 radical (unpaired) electrons. The van der Waals surface area contributed by atoms with Gasteiger partial charge in [0.05, 0.1) is 18.2 Å². The van der Waals surface area contributed by atoms with Gasteiger partial charge in [0.1, 0.15) is 5.82 Å². The van der Waals surface area contributed by atoms with Crippen molar-refractivity contribution in [3.05, 3.63) is 30.9 Å². The Kier molecular flexibility index (Phi) is 3.69. The van der Waals surface area contributed by atoms with E-state index in [1.807, 2.05) is 24.7 Å².